The van der Waals surface area contributed by atoms with Gasteiger partial charge in [-0.15, -0.1) is 0 Å². The second kappa shape index (κ2) is 7.60. The molecule has 4 rings (SSSR count). The molecule has 0 saturated carbocycles. The number of hydrogen-bond acceptors (Lipinski definition) is 6. The van der Waals surface area contributed by atoms with Crippen LogP contribution in [0.25, 0.3) is 11.0 Å². The zero-order valence-electron chi connectivity index (χ0n) is 16.2. The summed E-state index contributed by atoms with van der Waals surface area (Å²) in [6.07, 6.45) is 0.371. The second-order valence-corrected chi connectivity index (χ2v) is 6.73. The number of benzene rings is 2. The third-order valence-corrected chi connectivity index (χ3v) is 5.16. The number of ether oxygens (including phenoxy) is 2. The van der Waals surface area contributed by atoms with Crippen LogP contribution in [0.3, 0.4) is 0 Å². The number of methoxy groups -OCH3 is 2. The smallest absolute Gasteiger partial charge is 0.290 e. The summed E-state index contributed by atoms with van der Waals surface area (Å²) >= 11 is 0. The molecule has 1 aliphatic rings. The van der Waals surface area contributed by atoms with Crippen LogP contribution in [0.2, 0.25) is 0 Å². The van der Waals surface area contributed by atoms with E-state index in [1.165, 1.54) is 14.2 Å². The van der Waals surface area contributed by atoms with Crippen LogP contribution in [0.5, 0.6) is 11.5 Å². The van der Waals surface area contributed by atoms with Gasteiger partial charge in [0.15, 0.2) is 16.9 Å². The Morgan fingerprint density at radius 1 is 1.07 bits per heavy atom. The minimum Gasteiger partial charge on any atom is -0.493 e. The Hall–Kier alpha value is -3.32. The summed E-state index contributed by atoms with van der Waals surface area (Å²) in [7, 11) is 3.04. The van der Waals surface area contributed by atoms with Crippen molar-refractivity contribution in [1.29, 1.82) is 0 Å². The maximum atomic E-state index is 13.4. The maximum absolute atomic E-state index is 13.4. The van der Waals surface area contributed by atoms with Gasteiger partial charge in [0, 0.05) is 18.7 Å². The van der Waals surface area contributed by atoms with Gasteiger partial charge >= 0.3 is 0 Å². The van der Waals surface area contributed by atoms with Crippen molar-refractivity contribution < 1.29 is 23.8 Å². The lowest BCUT2D eigenvalue weighted by atomic mass is 9.97. The molecule has 1 N–H and O–H groups in total. The van der Waals surface area contributed by atoms with E-state index in [0.29, 0.717) is 34.5 Å². The molecule has 3 aromatic rings. The van der Waals surface area contributed by atoms with Crippen LogP contribution in [0.15, 0.2) is 51.7 Å². The van der Waals surface area contributed by atoms with Crippen molar-refractivity contribution in [3.05, 3.63) is 69.6 Å². The number of aliphatic hydroxyl groups excluding tert-OH is 1. The van der Waals surface area contributed by atoms with E-state index in [2.05, 4.69) is 0 Å². The van der Waals surface area contributed by atoms with Crippen molar-refractivity contribution in [2.24, 2.45) is 0 Å². The Balaban J connectivity index is 2.01. The molecule has 7 nitrogen and oxygen atoms in total. The van der Waals surface area contributed by atoms with Crippen LogP contribution < -0.4 is 14.9 Å². The van der Waals surface area contributed by atoms with Gasteiger partial charge in [0.1, 0.15) is 5.58 Å². The average Bonchev–Trinajstić information content (AvgIpc) is 3.03. The van der Waals surface area contributed by atoms with Gasteiger partial charge in [-0.1, -0.05) is 24.3 Å². The van der Waals surface area contributed by atoms with Crippen LogP contribution >= 0.6 is 0 Å². The Labute approximate surface area is 167 Å². The quantitative estimate of drug-likeness (QED) is 0.690. The van der Waals surface area contributed by atoms with Gasteiger partial charge in [-0.25, -0.2) is 0 Å². The largest absolute Gasteiger partial charge is 0.493 e. The molecular weight excluding hydrogens is 374 g/mol. The molecule has 0 saturated heterocycles. The van der Waals surface area contributed by atoms with E-state index in [0.717, 1.165) is 0 Å². The van der Waals surface area contributed by atoms with Gasteiger partial charge in [-0.3, -0.25) is 9.59 Å². The van der Waals surface area contributed by atoms with Gasteiger partial charge < -0.3 is 23.9 Å². The van der Waals surface area contributed by atoms with Crippen molar-refractivity contribution in [2.75, 3.05) is 27.4 Å². The third kappa shape index (κ3) is 2.94. The zero-order chi connectivity index (χ0) is 20.5. The summed E-state index contributed by atoms with van der Waals surface area (Å²) in [5.74, 6) is 0.591. The molecule has 1 aromatic heterocycles. The van der Waals surface area contributed by atoms with Gasteiger partial charge in [-0.05, 0) is 24.6 Å². The molecular formula is C22H21NO6. The second-order valence-electron chi connectivity index (χ2n) is 6.73. The highest BCUT2D eigenvalue weighted by molar-refractivity contribution is 5.99. The number of amides is 1. The van der Waals surface area contributed by atoms with E-state index in [4.69, 9.17) is 13.9 Å². The van der Waals surface area contributed by atoms with E-state index in [9.17, 15) is 14.7 Å². The standard InChI is InChI=1S/C22H21NO6/c1-27-16-10-5-8-14(20(16)28-2)18-17-19(25)13-7-3-4-9-15(13)29-21(17)22(26)23(18)11-6-12-24/h3-5,7-10,18,24H,6,11-12H2,1-2H3. The fourth-order valence-electron chi connectivity index (χ4n) is 3.89. The van der Waals surface area contributed by atoms with E-state index in [1.807, 2.05) is 0 Å². The monoisotopic (exact) mass is 395 g/mol. The SMILES string of the molecule is COc1cccc(C2c3c(oc4ccccc4c3=O)C(=O)N2CCCO)c1OC. The molecule has 1 atom stereocenters. The van der Waals surface area contributed by atoms with Crippen LogP contribution in [0.1, 0.15) is 34.1 Å². The van der Waals surface area contributed by atoms with Crippen molar-refractivity contribution >= 4 is 16.9 Å². The molecule has 0 spiro atoms. The number of carbonyl (C=O) groups excluding carboxylic acids is 1. The summed E-state index contributed by atoms with van der Waals surface area (Å²) in [6.45, 7) is 0.186. The number of rotatable bonds is 6. The fourth-order valence-corrected chi connectivity index (χ4v) is 3.89. The first-order valence-electron chi connectivity index (χ1n) is 9.30. The van der Waals surface area contributed by atoms with E-state index in [1.54, 1.807) is 47.4 Å². The lowest BCUT2D eigenvalue weighted by Crippen LogP contribution is -2.31. The first kappa shape index (κ1) is 19.0. The molecule has 29 heavy (non-hydrogen) atoms. The molecule has 1 aliphatic heterocycles. The number of hydrogen-bond donors (Lipinski definition) is 1. The number of fused-ring (bicyclic) bond motifs is 2. The minimum absolute atomic E-state index is 0.0292. The Bertz CT molecular complexity index is 1140. The first-order chi connectivity index (χ1) is 14.1. The van der Waals surface area contributed by atoms with Crippen LogP contribution in [0.4, 0.5) is 0 Å². The maximum Gasteiger partial charge on any atom is 0.290 e. The van der Waals surface area contributed by atoms with E-state index < -0.39 is 6.04 Å². The summed E-state index contributed by atoms with van der Waals surface area (Å²) < 4.78 is 16.8. The molecule has 0 bridgehead atoms. The molecule has 7 heteroatoms. The van der Waals surface area contributed by atoms with Gasteiger partial charge in [-0.2, -0.15) is 0 Å². The van der Waals surface area contributed by atoms with Crippen LogP contribution in [-0.2, 0) is 0 Å². The first-order valence-corrected chi connectivity index (χ1v) is 9.30. The Morgan fingerprint density at radius 3 is 2.59 bits per heavy atom. The number of aliphatic hydroxyl groups is 1. The van der Waals surface area contributed by atoms with Gasteiger partial charge in [0.2, 0.25) is 5.76 Å². The molecule has 2 heterocycles. The van der Waals surface area contributed by atoms with Crippen molar-refractivity contribution in [3.8, 4) is 11.5 Å². The molecule has 1 unspecified atom stereocenters. The fraction of sp³-hybridized carbons (Fsp3) is 0.273. The average molecular weight is 395 g/mol. The van der Waals surface area contributed by atoms with Crippen molar-refractivity contribution in [3.63, 3.8) is 0 Å². The predicted molar refractivity (Wildman–Crippen MR) is 107 cm³/mol. The number of carbonyl (C=O) groups is 1. The highest BCUT2D eigenvalue weighted by Crippen LogP contribution is 2.44. The molecule has 0 fully saturated rings. The molecule has 0 aliphatic carbocycles. The van der Waals surface area contributed by atoms with Gasteiger partial charge in [0.25, 0.3) is 5.91 Å². The number of para-hydroxylation sites is 2. The topological polar surface area (TPSA) is 89.2 Å². The lowest BCUT2D eigenvalue weighted by molar-refractivity contribution is 0.0715. The van der Waals surface area contributed by atoms with Gasteiger partial charge in [0.05, 0.1) is 31.2 Å². The highest BCUT2D eigenvalue weighted by Gasteiger charge is 2.43. The normalized spacial score (nSPS) is 15.6. The highest BCUT2D eigenvalue weighted by atomic mass is 16.5. The van der Waals surface area contributed by atoms with Crippen LogP contribution in [-0.4, -0.2) is 43.3 Å². The molecule has 1 amide bonds. The van der Waals surface area contributed by atoms with E-state index >= 15 is 0 Å². The molecule has 150 valence electrons. The summed E-state index contributed by atoms with van der Waals surface area (Å²) in [5, 5.41) is 9.72. The van der Waals surface area contributed by atoms with Crippen LogP contribution in [0, 0.1) is 0 Å². The molecule has 2 aromatic carbocycles. The number of nitrogens with zero attached hydrogens (tertiary/aromatic N) is 1. The Kier molecular flexibility index (Phi) is 4.98. The third-order valence-electron chi connectivity index (χ3n) is 5.16. The zero-order valence-corrected chi connectivity index (χ0v) is 16.2. The van der Waals surface area contributed by atoms with Crippen molar-refractivity contribution in [1.82, 2.24) is 4.90 Å². The molecule has 0 radical (unpaired) electrons. The minimum atomic E-state index is -0.699. The Morgan fingerprint density at radius 2 is 1.86 bits per heavy atom. The summed E-state index contributed by atoms with van der Waals surface area (Å²) in [4.78, 5) is 28.1. The lowest BCUT2D eigenvalue weighted by Gasteiger charge is -2.26. The predicted octanol–water partition coefficient (Wildman–Crippen LogP) is 2.74. The van der Waals surface area contributed by atoms with Crippen molar-refractivity contribution in [2.45, 2.75) is 12.5 Å². The summed E-state index contributed by atoms with van der Waals surface area (Å²) in [5.41, 5.74) is 1.01. The summed E-state index contributed by atoms with van der Waals surface area (Å²) in [6, 6.07) is 11.5. The van der Waals surface area contributed by atoms with E-state index in [-0.39, 0.29) is 35.8 Å².